The average Bonchev–Trinajstić information content (AvgIpc) is 3.86. The number of allylic oxidation sites excluding steroid dienone is 1. The lowest BCUT2D eigenvalue weighted by Crippen LogP contribution is -2.51. The molecule has 2 aliphatic heterocycles. The summed E-state index contributed by atoms with van der Waals surface area (Å²) in [4.78, 5) is 33.1. The molecule has 6 aliphatic rings. The molecule has 81 heavy (non-hydrogen) atoms. The van der Waals surface area contributed by atoms with E-state index in [0.717, 1.165) is 144 Å². The van der Waals surface area contributed by atoms with Crippen molar-refractivity contribution in [1.82, 2.24) is 19.9 Å². The molecule has 7 aromatic rings. The smallest absolute Gasteiger partial charge is 0.338 e. The first-order valence-electron chi connectivity index (χ1n) is 30.6. The lowest BCUT2D eigenvalue weighted by molar-refractivity contribution is -0.0594. The molecule has 13 rings (SSSR count). The molecule has 4 aliphatic carbocycles. The molecule has 2 N–H and O–H groups in total. The van der Waals surface area contributed by atoms with Gasteiger partial charge in [-0.3, -0.25) is 0 Å². The monoisotopic (exact) mass is 1070 g/mol. The molecule has 0 saturated heterocycles. The predicted molar refractivity (Wildman–Crippen MR) is 337 cm³/mol. The number of carbonyl (C=O) groups is 1. The van der Waals surface area contributed by atoms with E-state index < -0.39 is 0 Å². The number of esters is 1. The summed E-state index contributed by atoms with van der Waals surface area (Å²) in [6.07, 6.45) is 24.8. The molecule has 3 saturated carbocycles. The van der Waals surface area contributed by atoms with Crippen molar-refractivity contribution in [3.05, 3.63) is 178 Å². The van der Waals surface area contributed by atoms with Crippen molar-refractivity contribution in [1.29, 1.82) is 0 Å². The first-order valence-corrected chi connectivity index (χ1v) is 30.6. The Morgan fingerprint density at radius 1 is 0.556 bits per heavy atom. The minimum atomic E-state index is -0.249. The number of aromatic amines is 2. The predicted octanol–water partition coefficient (Wildman–Crippen LogP) is 19.8. The Labute approximate surface area is 480 Å². The number of hydrogen-bond donors (Lipinski definition) is 2. The van der Waals surface area contributed by atoms with Gasteiger partial charge in [0.1, 0.15) is 6.10 Å². The standard InChI is InChI=1S/C75H80N4O2/c1-45(2)10-9-11-49(6)58-30-31-59-57-29-28-55-44-56(40-42-74(55,7)60(57)41-43-75(58,59)8)81-73(80)54-26-24-53(25-27-54)72-67-38-36-65(78-67)70(51-20-14-47(4)15-21-51)63-34-32-61(76-63)69(50-18-12-46(3)13-19-50)62-33-35-64(77-62)71(66-37-39-68(72)79-66)52-22-16-48(5)17-23-52/h12-28,32-39,45,49,56-60,76,79H,9-11,29-31,40-44H2,1-8H3/t49-,56+,57+,58-,59+,60+,74+,75-/m1/s1. The van der Waals surface area contributed by atoms with Crippen molar-refractivity contribution in [3.63, 3.8) is 0 Å². The van der Waals surface area contributed by atoms with Crippen LogP contribution in [0.2, 0.25) is 0 Å². The Hall–Kier alpha value is -7.31. The number of aryl methyl sites for hydroxylation is 3. The van der Waals surface area contributed by atoms with Crippen molar-refractivity contribution < 1.29 is 9.53 Å². The summed E-state index contributed by atoms with van der Waals surface area (Å²) >= 11 is 0. The fourth-order valence-corrected chi connectivity index (χ4v) is 16.3. The van der Waals surface area contributed by atoms with Gasteiger partial charge in [0.05, 0.1) is 28.3 Å². The number of rotatable bonds is 11. The van der Waals surface area contributed by atoms with E-state index in [1.54, 1.807) is 5.57 Å². The summed E-state index contributed by atoms with van der Waals surface area (Å²) < 4.78 is 6.51. The van der Waals surface area contributed by atoms with Crippen LogP contribution < -0.4 is 0 Å². The highest BCUT2D eigenvalue weighted by molar-refractivity contribution is 6.00. The molecule has 3 aromatic heterocycles. The van der Waals surface area contributed by atoms with Gasteiger partial charge < -0.3 is 14.7 Å². The van der Waals surface area contributed by atoms with Crippen LogP contribution in [0.1, 0.15) is 155 Å². The Morgan fingerprint density at radius 3 is 1.47 bits per heavy atom. The second-order valence-corrected chi connectivity index (χ2v) is 26.2. The summed E-state index contributed by atoms with van der Waals surface area (Å²) in [6, 6.07) is 42.9. The largest absolute Gasteiger partial charge is 0.458 e. The first kappa shape index (κ1) is 53.0. The molecule has 0 amide bonds. The van der Waals surface area contributed by atoms with Gasteiger partial charge in [-0.1, -0.05) is 167 Å². The maximum absolute atomic E-state index is 14.3. The quantitative estimate of drug-likeness (QED) is 0.0999. The zero-order valence-corrected chi connectivity index (χ0v) is 49.0. The van der Waals surface area contributed by atoms with Crippen LogP contribution in [0.3, 0.4) is 0 Å². The van der Waals surface area contributed by atoms with Crippen LogP contribution in [0.25, 0.3) is 90.9 Å². The molecule has 3 fully saturated rings. The average molecular weight is 1070 g/mol. The molecule has 8 atom stereocenters. The van der Waals surface area contributed by atoms with E-state index in [1.807, 2.05) is 12.1 Å². The molecular formula is C75H80N4O2. The molecule has 0 unspecified atom stereocenters. The Balaban J connectivity index is 0.846. The zero-order valence-electron chi connectivity index (χ0n) is 49.0. The van der Waals surface area contributed by atoms with Crippen molar-refractivity contribution >= 4 is 52.3 Å². The van der Waals surface area contributed by atoms with Gasteiger partial charge in [0, 0.05) is 50.7 Å². The molecule has 412 valence electrons. The molecule has 0 radical (unpaired) electrons. The van der Waals surface area contributed by atoms with E-state index in [2.05, 4.69) is 205 Å². The number of carbonyl (C=O) groups excluding carboxylic acids is 1. The number of ether oxygens (including phenoxy) is 1. The van der Waals surface area contributed by atoms with E-state index in [1.165, 1.54) is 68.1 Å². The van der Waals surface area contributed by atoms with Crippen LogP contribution >= 0.6 is 0 Å². The summed E-state index contributed by atoms with van der Waals surface area (Å²) in [5, 5.41) is 0. The van der Waals surface area contributed by atoms with Crippen LogP contribution in [0.15, 0.2) is 133 Å². The molecular weight excluding hydrogens is 989 g/mol. The Morgan fingerprint density at radius 2 is 1.01 bits per heavy atom. The zero-order chi connectivity index (χ0) is 55.7. The van der Waals surface area contributed by atoms with Gasteiger partial charge >= 0.3 is 5.97 Å². The lowest BCUT2D eigenvalue weighted by atomic mass is 9.47. The van der Waals surface area contributed by atoms with Crippen LogP contribution in [0, 0.1) is 67.1 Å². The number of fused-ring (bicyclic) bond motifs is 13. The highest BCUT2D eigenvalue weighted by atomic mass is 16.5. The number of benzene rings is 4. The third-order valence-electron chi connectivity index (χ3n) is 20.7. The summed E-state index contributed by atoms with van der Waals surface area (Å²) in [5.74, 6) is 4.56. The number of aromatic nitrogens is 4. The molecule has 0 spiro atoms. The van der Waals surface area contributed by atoms with Gasteiger partial charge in [0.25, 0.3) is 0 Å². The summed E-state index contributed by atoms with van der Waals surface area (Å²) in [6.45, 7) is 19.0. The maximum Gasteiger partial charge on any atom is 0.338 e. The number of H-pyrrole nitrogens is 2. The van der Waals surface area contributed by atoms with Gasteiger partial charge in [0.15, 0.2) is 0 Å². The minimum absolute atomic E-state index is 0.120. The second kappa shape index (κ2) is 21.2. The van der Waals surface area contributed by atoms with Gasteiger partial charge in [0.2, 0.25) is 0 Å². The van der Waals surface area contributed by atoms with E-state index >= 15 is 0 Å². The van der Waals surface area contributed by atoms with E-state index in [-0.39, 0.29) is 17.5 Å². The number of hydrogen-bond acceptors (Lipinski definition) is 4. The van der Waals surface area contributed by atoms with Gasteiger partial charge in [-0.15, -0.1) is 0 Å². The SMILES string of the molecule is Cc1ccc(-c2c3nc(c(-c4ccc(C)cc4)c4ccc([nH]4)c(-c4ccc(C(=O)O[C@H]5CC[C@@]6(C)C(=CC[C@H]7[C@@H]8CC[C@H]([C@H](C)CCCC(C)C)[C@@]8(C)CC[C@@H]76)C5)cc4)c4nc(c(-c5ccc(C)cc5)c5ccc2[nH]5)C=C4)C=C3)cc1. The number of nitrogens with zero attached hydrogens (tertiary/aromatic N) is 2. The fourth-order valence-electron chi connectivity index (χ4n) is 16.3. The molecule has 5 heterocycles. The highest BCUT2D eigenvalue weighted by Gasteiger charge is 2.59. The van der Waals surface area contributed by atoms with Gasteiger partial charge in [-0.25, -0.2) is 14.8 Å². The highest BCUT2D eigenvalue weighted by Crippen LogP contribution is 2.67. The first-order chi connectivity index (χ1) is 39.2. The number of nitrogens with one attached hydrogen (secondary N) is 2. The van der Waals surface area contributed by atoms with E-state index in [9.17, 15) is 4.79 Å². The molecule has 6 nitrogen and oxygen atoms in total. The molecule has 4 aromatic carbocycles. The lowest BCUT2D eigenvalue weighted by Gasteiger charge is -2.58. The van der Waals surface area contributed by atoms with Crippen LogP contribution in [0.4, 0.5) is 0 Å². The van der Waals surface area contributed by atoms with Crippen molar-refractivity contribution in [2.24, 2.45) is 46.3 Å². The topological polar surface area (TPSA) is 83.7 Å². The third kappa shape index (κ3) is 9.78. The Kier molecular flexibility index (Phi) is 13.9. The summed E-state index contributed by atoms with van der Waals surface area (Å²) in [7, 11) is 0. The summed E-state index contributed by atoms with van der Waals surface area (Å²) in [5.41, 5.74) is 21.7. The molecule has 8 bridgehead atoms. The normalized spacial score (nSPS) is 24.1. The minimum Gasteiger partial charge on any atom is -0.458 e. The fraction of sp³-hybridized carbons (Fsp3) is 0.373. The Bertz CT molecular complexity index is 3770. The second-order valence-electron chi connectivity index (χ2n) is 26.2. The van der Waals surface area contributed by atoms with Crippen molar-refractivity contribution in [2.75, 3.05) is 0 Å². The van der Waals surface area contributed by atoms with Gasteiger partial charge in [-0.05, 0) is 195 Å². The third-order valence-corrected chi connectivity index (χ3v) is 20.7. The van der Waals surface area contributed by atoms with Crippen LogP contribution in [-0.2, 0) is 4.74 Å². The van der Waals surface area contributed by atoms with Gasteiger partial charge in [-0.2, -0.15) is 0 Å². The van der Waals surface area contributed by atoms with E-state index in [4.69, 9.17) is 14.7 Å². The van der Waals surface area contributed by atoms with Crippen molar-refractivity contribution in [3.8, 4) is 44.5 Å². The van der Waals surface area contributed by atoms with Crippen LogP contribution in [-0.4, -0.2) is 32.0 Å². The van der Waals surface area contributed by atoms with Crippen molar-refractivity contribution in [2.45, 2.75) is 132 Å². The maximum atomic E-state index is 14.3. The van der Waals surface area contributed by atoms with E-state index in [0.29, 0.717) is 11.0 Å². The molecule has 6 heteroatoms. The van der Waals surface area contributed by atoms with Crippen LogP contribution in [0.5, 0.6) is 0 Å².